The van der Waals surface area contributed by atoms with Crippen LogP contribution in [0.1, 0.15) is 10.4 Å². The molecule has 8 nitrogen and oxygen atoms in total. The number of anilines is 1. The first-order chi connectivity index (χ1) is 13.7. The molecule has 136 valence electrons. The summed E-state index contributed by atoms with van der Waals surface area (Å²) in [5.74, 6) is 0.177. The van der Waals surface area contributed by atoms with Crippen molar-refractivity contribution in [1.82, 2.24) is 24.7 Å². The van der Waals surface area contributed by atoms with Gasteiger partial charge in [-0.25, -0.2) is 9.97 Å². The highest BCUT2D eigenvalue weighted by molar-refractivity contribution is 6.06. The first-order valence-corrected chi connectivity index (χ1v) is 8.55. The molecule has 0 atom stereocenters. The van der Waals surface area contributed by atoms with Crippen LogP contribution in [0.15, 0.2) is 65.9 Å². The summed E-state index contributed by atoms with van der Waals surface area (Å²) in [6, 6.07) is 8.88. The van der Waals surface area contributed by atoms with E-state index in [-0.39, 0.29) is 5.91 Å². The van der Waals surface area contributed by atoms with E-state index in [0.29, 0.717) is 22.5 Å². The van der Waals surface area contributed by atoms with E-state index in [2.05, 4.69) is 25.4 Å². The Kier molecular flexibility index (Phi) is 3.61. The number of pyridine rings is 2. The van der Waals surface area contributed by atoms with Gasteiger partial charge in [0.2, 0.25) is 0 Å². The van der Waals surface area contributed by atoms with Gasteiger partial charge in [0.25, 0.3) is 5.91 Å². The number of rotatable bonds is 3. The quantitative estimate of drug-likeness (QED) is 0.522. The molecule has 0 spiro atoms. The molecular weight excluding hydrogens is 356 g/mol. The van der Waals surface area contributed by atoms with E-state index in [1.807, 2.05) is 19.3 Å². The van der Waals surface area contributed by atoms with Gasteiger partial charge in [-0.05, 0) is 30.3 Å². The van der Waals surface area contributed by atoms with Gasteiger partial charge in [0.05, 0.1) is 17.9 Å². The lowest BCUT2D eigenvalue weighted by molar-refractivity contribution is 0.102. The van der Waals surface area contributed by atoms with Gasteiger partial charge in [0.1, 0.15) is 11.3 Å². The number of hydrogen-bond donors (Lipinski definition) is 1. The number of benzene rings is 1. The monoisotopic (exact) mass is 370 g/mol. The van der Waals surface area contributed by atoms with E-state index in [1.165, 1.54) is 6.39 Å². The Hall–Kier alpha value is -4.07. The fourth-order valence-electron chi connectivity index (χ4n) is 3.02. The number of hydrogen-bond acceptors (Lipinski definition) is 6. The zero-order valence-corrected chi connectivity index (χ0v) is 14.8. The normalized spacial score (nSPS) is 11.2. The minimum absolute atomic E-state index is 0.270. The molecule has 0 aliphatic rings. The standard InChI is InChI=1S/C20H14N6O2/c1-26-10-15(8-24-26)14-4-13-6-19(22-9-17(13)21-7-14)25-20(27)12-2-3-18-16(5-12)23-11-28-18/h2-11H,1H3,(H,22,25,27). The summed E-state index contributed by atoms with van der Waals surface area (Å²) in [6.45, 7) is 0. The van der Waals surface area contributed by atoms with E-state index in [0.717, 1.165) is 22.0 Å². The van der Waals surface area contributed by atoms with Crippen LogP contribution in [0.3, 0.4) is 0 Å². The summed E-state index contributed by atoms with van der Waals surface area (Å²) in [6.07, 6.45) is 8.48. The van der Waals surface area contributed by atoms with Crippen molar-refractivity contribution >= 4 is 33.7 Å². The lowest BCUT2D eigenvalue weighted by atomic mass is 10.1. The number of nitrogens with one attached hydrogen (secondary N) is 1. The van der Waals surface area contributed by atoms with Crippen LogP contribution in [-0.4, -0.2) is 30.6 Å². The predicted octanol–water partition coefficient (Wildman–Crippen LogP) is 3.42. The molecule has 4 heterocycles. The molecule has 0 saturated heterocycles. The van der Waals surface area contributed by atoms with Crippen LogP contribution in [0.4, 0.5) is 5.82 Å². The van der Waals surface area contributed by atoms with Gasteiger partial charge in [0, 0.05) is 41.5 Å². The van der Waals surface area contributed by atoms with E-state index in [9.17, 15) is 4.79 Å². The van der Waals surface area contributed by atoms with Crippen LogP contribution in [0.25, 0.3) is 33.1 Å². The SMILES string of the molecule is Cn1cc(-c2cnc3cnc(NC(=O)c4ccc5ocnc5c4)cc3c2)cn1. The van der Waals surface area contributed by atoms with Crippen molar-refractivity contribution in [3.63, 3.8) is 0 Å². The average molecular weight is 370 g/mol. The third-order valence-electron chi connectivity index (χ3n) is 4.44. The molecule has 5 aromatic rings. The molecule has 0 aliphatic carbocycles. The predicted molar refractivity (Wildman–Crippen MR) is 104 cm³/mol. The molecular formula is C20H14N6O2. The average Bonchev–Trinajstić information content (AvgIpc) is 3.35. The Morgan fingerprint density at radius 1 is 1.00 bits per heavy atom. The molecule has 0 saturated carbocycles. The molecule has 0 bridgehead atoms. The van der Waals surface area contributed by atoms with Gasteiger partial charge in [-0.2, -0.15) is 5.10 Å². The molecule has 1 aromatic carbocycles. The maximum Gasteiger partial charge on any atom is 0.256 e. The number of carbonyl (C=O) groups is 1. The molecule has 0 fully saturated rings. The molecule has 4 aromatic heterocycles. The van der Waals surface area contributed by atoms with Crippen molar-refractivity contribution < 1.29 is 9.21 Å². The summed E-state index contributed by atoms with van der Waals surface area (Å²) in [5, 5.41) is 7.88. The van der Waals surface area contributed by atoms with Gasteiger partial charge in [-0.1, -0.05) is 0 Å². The zero-order valence-electron chi connectivity index (χ0n) is 14.8. The molecule has 5 rings (SSSR count). The Morgan fingerprint density at radius 3 is 2.79 bits per heavy atom. The van der Waals surface area contributed by atoms with Crippen molar-refractivity contribution in [2.24, 2.45) is 7.05 Å². The Labute approximate surface area is 158 Å². The number of carbonyl (C=O) groups excluding carboxylic acids is 1. The molecule has 1 N–H and O–H groups in total. The fourth-order valence-corrected chi connectivity index (χ4v) is 3.02. The number of amides is 1. The summed E-state index contributed by atoms with van der Waals surface area (Å²) >= 11 is 0. The topological polar surface area (TPSA) is 98.7 Å². The molecule has 0 unspecified atom stereocenters. The third-order valence-corrected chi connectivity index (χ3v) is 4.44. The molecule has 28 heavy (non-hydrogen) atoms. The van der Waals surface area contributed by atoms with E-state index in [1.54, 1.807) is 47.5 Å². The van der Waals surface area contributed by atoms with Crippen molar-refractivity contribution in [1.29, 1.82) is 0 Å². The van der Waals surface area contributed by atoms with Crippen LogP contribution in [0.2, 0.25) is 0 Å². The van der Waals surface area contributed by atoms with Crippen molar-refractivity contribution in [3.05, 3.63) is 67.1 Å². The molecule has 0 radical (unpaired) electrons. The first kappa shape index (κ1) is 16.1. The summed E-state index contributed by atoms with van der Waals surface area (Å²) in [7, 11) is 1.87. The van der Waals surface area contributed by atoms with Gasteiger partial charge in [-0.3, -0.25) is 14.5 Å². The van der Waals surface area contributed by atoms with Gasteiger partial charge < -0.3 is 9.73 Å². The lowest BCUT2D eigenvalue weighted by Gasteiger charge is -2.06. The van der Waals surface area contributed by atoms with E-state index < -0.39 is 0 Å². The van der Waals surface area contributed by atoms with Gasteiger partial charge >= 0.3 is 0 Å². The zero-order chi connectivity index (χ0) is 19.1. The molecule has 0 aliphatic heterocycles. The number of aromatic nitrogens is 5. The Balaban J connectivity index is 1.45. The molecule has 8 heteroatoms. The van der Waals surface area contributed by atoms with Crippen molar-refractivity contribution in [2.75, 3.05) is 5.32 Å². The third kappa shape index (κ3) is 2.86. The fraction of sp³-hybridized carbons (Fsp3) is 0.0500. The molecule has 1 amide bonds. The second-order valence-corrected chi connectivity index (χ2v) is 6.38. The summed E-state index contributed by atoms with van der Waals surface area (Å²) < 4.78 is 6.94. The highest BCUT2D eigenvalue weighted by atomic mass is 16.3. The van der Waals surface area contributed by atoms with Crippen LogP contribution in [-0.2, 0) is 7.05 Å². The smallest absolute Gasteiger partial charge is 0.256 e. The number of nitrogens with zero attached hydrogens (tertiary/aromatic N) is 5. The van der Waals surface area contributed by atoms with Crippen LogP contribution >= 0.6 is 0 Å². The van der Waals surface area contributed by atoms with Crippen LogP contribution < -0.4 is 5.32 Å². The van der Waals surface area contributed by atoms with Crippen LogP contribution in [0, 0.1) is 0 Å². The van der Waals surface area contributed by atoms with Gasteiger partial charge in [0.15, 0.2) is 12.0 Å². The van der Waals surface area contributed by atoms with Crippen molar-refractivity contribution in [2.45, 2.75) is 0 Å². The van der Waals surface area contributed by atoms with E-state index in [4.69, 9.17) is 4.42 Å². The Bertz CT molecular complexity index is 1340. The van der Waals surface area contributed by atoms with Crippen molar-refractivity contribution in [3.8, 4) is 11.1 Å². The highest BCUT2D eigenvalue weighted by Crippen LogP contribution is 2.23. The van der Waals surface area contributed by atoms with Crippen LogP contribution in [0.5, 0.6) is 0 Å². The maximum absolute atomic E-state index is 12.6. The number of fused-ring (bicyclic) bond motifs is 2. The Morgan fingerprint density at radius 2 is 1.93 bits per heavy atom. The highest BCUT2D eigenvalue weighted by Gasteiger charge is 2.11. The van der Waals surface area contributed by atoms with Gasteiger partial charge in [-0.15, -0.1) is 0 Å². The first-order valence-electron chi connectivity index (χ1n) is 8.55. The minimum Gasteiger partial charge on any atom is -0.443 e. The second kappa shape index (κ2) is 6.27. The summed E-state index contributed by atoms with van der Waals surface area (Å²) in [4.78, 5) is 25.4. The second-order valence-electron chi connectivity index (χ2n) is 6.38. The maximum atomic E-state index is 12.6. The minimum atomic E-state index is -0.270. The number of oxazole rings is 1. The van der Waals surface area contributed by atoms with E-state index >= 15 is 0 Å². The number of aryl methyl sites for hydroxylation is 1. The lowest BCUT2D eigenvalue weighted by Crippen LogP contribution is -2.12. The largest absolute Gasteiger partial charge is 0.443 e. The summed E-state index contributed by atoms with van der Waals surface area (Å²) in [5.41, 5.74) is 4.40.